The summed E-state index contributed by atoms with van der Waals surface area (Å²) in [6, 6.07) is -0.451. The highest BCUT2D eigenvalue weighted by molar-refractivity contribution is 7.92. The van der Waals surface area contributed by atoms with Gasteiger partial charge in [0.2, 0.25) is 47.3 Å². The highest BCUT2D eigenvalue weighted by Crippen LogP contribution is 2.22. The molecule has 2 saturated heterocycles. The number of ether oxygens (including phenoxy) is 1. The lowest BCUT2D eigenvalue weighted by Gasteiger charge is -2.37. The van der Waals surface area contributed by atoms with Gasteiger partial charge in [-0.3, -0.25) is 43.2 Å². The number of benzene rings is 1. The lowest BCUT2D eigenvalue weighted by Crippen LogP contribution is -2.62. The molecule has 3 rings (SSSR count). The number of hydrogen-bond donors (Lipinski definition) is 4. The Morgan fingerprint density at radius 2 is 1.26 bits per heavy atom. The van der Waals surface area contributed by atoms with Gasteiger partial charge in [-0.2, -0.15) is 0 Å². The minimum atomic E-state index is -2.13. The SMILES string of the molecule is CCC(C)[C@H]1C(=O)N[C@H](C(=O)N2CCCCC2)C[S+]([O-])CC(=O)N(C)[C@@H](Cc2ccccc2)C(=O)N(C)[C@@H](CC(C)C)C(=O)N[C@@H](C(C)O)C(=O)N(C)CC(=O)N(C)[C@@H](CC(C)C)C(=O)N[C@@H](COC(C)(C)C)C(=O)N1C. The van der Waals surface area contributed by atoms with Crippen molar-refractivity contribution in [1.29, 1.82) is 0 Å². The summed E-state index contributed by atoms with van der Waals surface area (Å²) in [5.74, 6) is -8.41. The maximum atomic E-state index is 14.9. The predicted octanol–water partition coefficient (Wildman–Crippen LogP) is 1.56. The minimum Gasteiger partial charge on any atom is -0.616 e. The van der Waals surface area contributed by atoms with Crippen LogP contribution in [0.1, 0.15) is 113 Å². The maximum Gasteiger partial charge on any atom is 0.272 e. The number of nitrogens with one attached hydrogen (secondary N) is 3. The molecular weight excluding hydrogens is 1010 g/mol. The van der Waals surface area contributed by atoms with Crippen LogP contribution in [-0.2, 0) is 65.5 Å². The van der Waals surface area contributed by atoms with Gasteiger partial charge >= 0.3 is 0 Å². The lowest BCUT2D eigenvalue weighted by atomic mass is 9.95. The van der Waals surface area contributed by atoms with E-state index in [1.54, 1.807) is 62.9 Å². The third kappa shape index (κ3) is 19.5. The first-order valence-electron chi connectivity index (χ1n) is 27.1. The van der Waals surface area contributed by atoms with E-state index in [-0.39, 0.29) is 37.7 Å². The third-order valence-electron chi connectivity index (χ3n) is 14.3. The number of carbonyl (C=O) groups is 9. The van der Waals surface area contributed by atoms with Crippen molar-refractivity contribution in [3.8, 4) is 0 Å². The molecule has 0 aromatic heterocycles. The summed E-state index contributed by atoms with van der Waals surface area (Å²) in [5.41, 5.74) is -0.129. The predicted molar refractivity (Wildman–Crippen MR) is 294 cm³/mol. The number of carbonyl (C=O) groups excluding carboxylic acids is 9. The molecule has 1 aromatic rings. The van der Waals surface area contributed by atoms with Gasteiger partial charge in [-0.05, 0) is 94.3 Å². The molecule has 1 aromatic carbocycles. The summed E-state index contributed by atoms with van der Waals surface area (Å²) in [4.78, 5) is 138. The summed E-state index contributed by atoms with van der Waals surface area (Å²) >= 11 is -2.13. The Bertz CT molecular complexity index is 2170. The van der Waals surface area contributed by atoms with Crippen molar-refractivity contribution in [2.45, 2.75) is 168 Å². The van der Waals surface area contributed by atoms with Gasteiger partial charge < -0.3 is 59.7 Å². The van der Waals surface area contributed by atoms with Crippen LogP contribution in [-0.4, -0.2) is 219 Å². The highest BCUT2D eigenvalue weighted by atomic mass is 32.2. The summed E-state index contributed by atoms with van der Waals surface area (Å²) < 4.78 is 20.4. The number of rotatable bonds is 12. The lowest BCUT2D eigenvalue weighted by molar-refractivity contribution is -0.150. The molecule has 2 fully saturated rings. The van der Waals surface area contributed by atoms with Crippen molar-refractivity contribution < 1.29 is 57.5 Å². The number of hydrogen-bond acceptors (Lipinski definition) is 12. The third-order valence-corrected chi connectivity index (χ3v) is 15.6. The van der Waals surface area contributed by atoms with E-state index in [0.717, 1.165) is 16.2 Å². The fourth-order valence-electron chi connectivity index (χ4n) is 9.46. The molecule has 4 N–H and O–H groups in total. The van der Waals surface area contributed by atoms with Crippen LogP contribution < -0.4 is 16.0 Å². The molecular formula is C55H91N9O12S. The van der Waals surface area contributed by atoms with Crippen LogP contribution in [0.25, 0.3) is 0 Å². The summed E-state index contributed by atoms with van der Waals surface area (Å²) in [7, 11) is 6.90. The average molecular weight is 1100 g/mol. The number of nitrogens with zero attached hydrogens (tertiary/aromatic N) is 6. The number of piperidine rings is 1. The van der Waals surface area contributed by atoms with Crippen LogP contribution in [0, 0.1) is 17.8 Å². The normalized spacial score (nSPS) is 26.4. The number of aliphatic hydroxyl groups excluding tert-OH is 1. The zero-order valence-electron chi connectivity index (χ0n) is 48.5. The molecule has 434 valence electrons. The Hall–Kier alpha value is -5.32. The van der Waals surface area contributed by atoms with Gasteiger partial charge in [0.05, 0.1) is 24.9 Å². The molecule has 0 radical (unpaired) electrons. The van der Waals surface area contributed by atoms with Gasteiger partial charge in [-0.15, -0.1) is 0 Å². The Morgan fingerprint density at radius 1 is 0.714 bits per heavy atom. The number of aliphatic hydroxyl groups is 1. The first kappa shape index (κ1) is 66.0. The van der Waals surface area contributed by atoms with Crippen LogP contribution in [0.2, 0.25) is 0 Å². The van der Waals surface area contributed by atoms with E-state index in [4.69, 9.17) is 4.74 Å². The molecule has 0 bridgehead atoms. The molecule has 2 heterocycles. The number of likely N-dealkylation sites (N-methyl/N-ethyl adjacent to an activating group) is 5. The van der Waals surface area contributed by atoms with Crippen molar-refractivity contribution >= 4 is 64.3 Å². The van der Waals surface area contributed by atoms with Gasteiger partial charge in [0.1, 0.15) is 42.0 Å². The van der Waals surface area contributed by atoms with E-state index >= 15 is 0 Å². The highest BCUT2D eigenvalue weighted by Gasteiger charge is 2.43. The molecule has 2 aliphatic rings. The van der Waals surface area contributed by atoms with Crippen molar-refractivity contribution in [2.24, 2.45) is 17.8 Å². The van der Waals surface area contributed by atoms with Crippen molar-refractivity contribution in [3.05, 3.63) is 35.9 Å². The van der Waals surface area contributed by atoms with Crippen molar-refractivity contribution in [2.75, 3.05) is 73.0 Å². The fraction of sp³-hybridized carbons (Fsp3) is 0.727. The number of amides is 9. The van der Waals surface area contributed by atoms with Gasteiger partial charge in [0.15, 0.2) is 11.8 Å². The monoisotopic (exact) mass is 1100 g/mol. The van der Waals surface area contributed by atoms with Crippen molar-refractivity contribution in [1.82, 2.24) is 45.3 Å². The Kier molecular flexibility index (Phi) is 25.8. The van der Waals surface area contributed by atoms with Gasteiger partial charge in [-0.25, -0.2) is 0 Å². The van der Waals surface area contributed by atoms with Crippen LogP contribution in [0.15, 0.2) is 30.3 Å². The Labute approximate surface area is 460 Å². The number of likely N-dealkylation sites (tertiary alicyclic amines) is 1. The topological polar surface area (TPSA) is 262 Å². The first-order chi connectivity index (χ1) is 35.9. The molecule has 0 saturated carbocycles. The second-order valence-corrected chi connectivity index (χ2v) is 24.3. The fourth-order valence-corrected chi connectivity index (χ4v) is 10.7. The quantitative estimate of drug-likeness (QED) is 0.218. The molecule has 2 aliphatic heterocycles. The summed E-state index contributed by atoms with van der Waals surface area (Å²) in [6.07, 6.45) is 1.40. The average Bonchev–Trinajstić information content (AvgIpc) is 3.36. The molecule has 0 aliphatic carbocycles. The molecule has 77 heavy (non-hydrogen) atoms. The van der Waals surface area contributed by atoms with E-state index in [2.05, 4.69) is 16.0 Å². The molecule has 10 atom stereocenters. The molecule has 9 amide bonds. The van der Waals surface area contributed by atoms with E-state index in [0.29, 0.717) is 37.9 Å². The molecule has 0 spiro atoms. The minimum absolute atomic E-state index is 0.0192. The summed E-state index contributed by atoms with van der Waals surface area (Å²) in [6.45, 7) is 17.4. The van der Waals surface area contributed by atoms with Gasteiger partial charge in [0, 0.05) is 54.7 Å². The standard InChI is InChI=1S/C55H91N9O12S/c1-16-36(6)47-50(70)57-40(52(72)64-25-21-18-22-26-64)32-77(75)33-45(67)61(13)43(29-38-23-19-17-20-24-38)53(73)62(14)42(28-35(4)5)49(69)58-46(37(7)65)54(74)59(11)30-44(66)60(12)41(27-34(2)3)48(68)56-39(51(71)63(47)15)31-76-55(8,9)10/h17,19-20,23-24,34-37,39-43,46-47,65H,16,18,21-22,25-33H2,1-15H3,(H,56,68)(H,57,70)(H,58,69)/t36?,37?,39-,40-,41-,42-,43-,46-,47-,77?/m0/s1. The maximum absolute atomic E-state index is 14.9. The second kappa shape index (κ2) is 30.2. The largest absolute Gasteiger partial charge is 0.616 e. The van der Waals surface area contributed by atoms with E-state index in [1.807, 2.05) is 34.6 Å². The molecule has 22 heteroatoms. The summed E-state index contributed by atoms with van der Waals surface area (Å²) in [5, 5.41) is 19.3. The zero-order chi connectivity index (χ0) is 58.2. The van der Waals surface area contributed by atoms with Gasteiger partial charge in [-0.1, -0.05) is 78.3 Å². The van der Waals surface area contributed by atoms with Crippen LogP contribution in [0.3, 0.4) is 0 Å². The van der Waals surface area contributed by atoms with Crippen molar-refractivity contribution in [3.63, 3.8) is 0 Å². The smallest absolute Gasteiger partial charge is 0.272 e. The zero-order valence-corrected chi connectivity index (χ0v) is 49.3. The van der Waals surface area contributed by atoms with E-state index in [9.17, 15) is 52.8 Å². The van der Waals surface area contributed by atoms with Crippen LogP contribution >= 0.6 is 0 Å². The van der Waals surface area contributed by atoms with Gasteiger partial charge in [0.25, 0.3) is 5.91 Å². The van der Waals surface area contributed by atoms with Crippen LogP contribution in [0.5, 0.6) is 0 Å². The van der Waals surface area contributed by atoms with E-state index < -0.39 is 142 Å². The van der Waals surface area contributed by atoms with E-state index in [1.165, 1.54) is 56.9 Å². The molecule has 21 nitrogen and oxygen atoms in total. The first-order valence-corrected chi connectivity index (χ1v) is 28.6. The second-order valence-electron chi connectivity index (χ2n) is 22.8. The Balaban J connectivity index is 2.29. The Morgan fingerprint density at radius 3 is 1.79 bits per heavy atom. The molecule has 3 unspecified atom stereocenters. The van der Waals surface area contributed by atoms with Crippen LogP contribution in [0.4, 0.5) is 0 Å².